The predicted molar refractivity (Wildman–Crippen MR) is 108 cm³/mol. The Kier molecular flexibility index (Phi) is 6.20. The summed E-state index contributed by atoms with van der Waals surface area (Å²) in [6.07, 6.45) is 0.494. The van der Waals surface area contributed by atoms with Gasteiger partial charge in [0.1, 0.15) is 5.60 Å². The van der Waals surface area contributed by atoms with E-state index in [1.54, 1.807) is 0 Å². The number of carbonyl (C=O) groups excluding carboxylic acids is 1. The molecule has 0 aliphatic rings. The lowest BCUT2D eigenvalue weighted by Gasteiger charge is -2.35. The van der Waals surface area contributed by atoms with Crippen molar-refractivity contribution >= 4 is 5.78 Å². The minimum Gasteiger partial charge on any atom is -0.360 e. The molecule has 0 heterocycles. The third-order valence-corrected chi connectivity index (χ3v) is 4.35. The zero-order chi connectivity index (χ0) is 19.0. The maximum atomic E-state index is 11.1. The van der Waals surface area contributed by atoms with Crippen molar-refractivity contribution in [1.82, 2.24) is 0 Å². The molecule has 0 N–H and O–H groups in total. The normalized spacial score (nSPS) is 10.7. The highest BCUT2D eigenvalue weighted by molar-refractivity contribution is 5.93. The number of carbonyl (C=O) groups is 1. The Morgan fingerprint density at radius 1 is 0.778 bits per heavy atom. The van der Waals surface area contributed by atoms with E-state index in [0.29, 0.717) is 13.0 Å². The highest BCUT2D eigenvalue weighted by Gasteiger charge is 2.37. The van der Waals surface area contributed by atoms with Gasteiger partial charge in [0.15, 0.2) is 0 Å². The van der Waals surface area contributed by atoms with Gasteiger partial charge in [0, 0.05) is 13.3 Å². The predicted octanol–water partition coefficient (Wildman–Crippen LogP) is 4.98. The van der Waals surface area contributed by atoms with Crippen molar-refractivity contribution in [2.24, 2.45) is 0 Å². The average Bonchev–Trinajstić information content (AvgIpc) is 2.73. The monoisotopic (exact) mass is 354 g/mol. The van der Waals surface area contributed by atoms with Crippen molar-refractivity contribution < 1.29 is 9.53 Å². The SMILES string of the molecule is CC(=O)C#CCCOC(c1ccccc1)(c1ccccc1)c1ccccc1. The molecule has 0 aromatic heterocycles. The number of hydrogen-bond acceptors (Lipinski definition) is 2. The molecule has 0 amide bonds. The van der Waals surface area contributed by atoms with Gasteiger partial charge in [-0.15, -0.1) is 0 Å². The average molecular weight is 354 g/mol. The summed E-state index contributed by atoms with van der Waals surface area (Å²) < 4.78 is 6.56. The molecule has 0 saturated heterocycles. The summed E-state index contributed by atoms with van der Waals surface area (Å²) in [4.78, 5) is 11.1. The van der Waals surface area contributed by atoms with Crippen LogP contribution in [0.1, 0.15) is 30.0 Å². The van der Waals surface area contributed by atoms with Crippen molar-refractivity contribution in [3.63, 3.8) is 0 Å². The molecule has 0 bridgehead atoms. The molecule has 0 aliphatic heterocycles. The van der Waals surface area contributed by atoms with E-state index < -0.39 is 5.60 Å². The van der Waals surface area contributed by atoms with Gasteiger partial charge in [-0.05, 0) is 22.6 Å². The van der Waals surface area contributed by atoms with Gasteiger partial charge in [-0.25, -0.2) is 0 Å². The zero-order valence-corrected chi connectivity index (χ0v) is 15.4. The molecule has 2 nitrogen and oxygen atoms in total. The molecule has 134 valence electrons. The van der Waals surface area contributed by atoms with E-state index in [0.717, 1.165) is 16.7 Å². The zero-order valence-electron chi connectivity index (χ0n) is 15.4. The van der Waals surface area contributed by atoms with Crippen LogP contribution in [0.15, 0.2) is 91.0 Å². The first-order valence-electron chi connectivity index (χ1n) is 9.03. The fourth-order valence-electron chi connectivity index (χ4n) is 3.21. The first kappa shape index (κ1) is 18.6. The van der Waals surface area contributed by atoms with E-state index in [2.05, 4.69) is 48.2 Å². The topological polar surface area (TPSA) is 26.3 Å². The minimum atomic E-state index is -0.734. The largest absolute Gasteiger partial charge is 0.360 e. The molecule has 0 fully saturated rings. The maximum absolute atomic E-state index is 11.1. The van der Waals surface area contributed by atoms with Crippen LogP contribution in [0, 0.1) is 11.8 Å². The lowest BCUT2D eigenvalue weighted by Crippen LogP contribution is -2.33. The number of hydrogen-bond donors (Lipinski definition) is 0. The summed E-state index contributed by atoms with van der Waals surface area (Å²) in [5.41, 5.74) is 2.44. The molecule has 0 atom stereocenters. The van der Waals surface area contributed by atoms with E-state index >= 15 is 0 Å². The maximum Gasteiger partial charge on any atom is 0.202 e. The van der Waals surface area contributed by atoms with Crippen LogP contribution in [0.4, 0.5) is 0 Å². The van der Waals surface area contributed by atoms with Crippen LogP contribution in [0.25, 0.3) is 0 Å². The standard InChI is InChI=1S/C25H22O2/c1-21(26)13-11-12-20-27-25(22-14-5-2-6-15-22,23-16-7-3-8-17-23)24-18-9-4-10-19-24/h2-10,14-19H,12,20H2,1H3. The summed E-state index contributed by atoms with van der Waals surface area (Å²) >= 11 is 0. The Morgan fingerprint density at radius 3 is 1.56 bits per heavy atom. The van der Waals surface area contributed by atoms with Gasteiger partial charge in [0.2, 0.25) is 5.78 Å². The van der Waals surface area contributed by atoms with Crippen LogP contribution in [0.3, 0.4) is 0 Å². The highest BCUT2D eigenvalue weighted by Crippen LogP contribution is 2.40. The first-order chi connectivity index (χ1) is 13.2. The van der Waals surface area contributed by atoms with Gasteiger partial charge in [-0.1, -0.05) is 96.9 Å². The number of rotatable bonds is 6. The van der Waals surface area contributed by atoms with E-state index in [1.807, 2.05) is 54.6 Å². The number of Topliss-reactive ketones (excluding diaryl/α,β-unsaturated/α-hetero) is 1. The van der Waals surface area contributed by atoms with Crippen LogP contribution >= 0.6 is 0 Å². The Bertz CT molecular complexity index is 823. The second-order valence-corrected chi connectivity index (χ2v) is 6.24. The van der Waals surface area contributed by atoms with Crippen LogP contribution in [-0.4, -0.2) is 12.4 Å². The lowest BCUT2D eigenvalue weighted by atomic mass is 9.80. The summed E-state index contributed by atoms with van der Waals surface area (Å²) in [7, 11) is 0. The molecule has 2 heteroatoms. The Hall–Kier alpha value is -3.15. The van der Waals surface area contributed by atoms with Gasteiger partial charge in [0.25, 0.3) is 0 Å². The molecule has 0 radical (unpaired) electrons. The summed E-state index contributed by atoms with van der Waals surface area (Å²) in [6, 6.07) is 30.7. The van der Waals surface area contributed by atoms with Crippen molar-refractivity contribution in [1.29, 1.82) is 0 Å². The number of ketones is 1. The van der Waals surface area contributed by atoms with E-state index in [-0.39, 0.29) is 5.78 Å². The summed E-state index contributed by atoms with van der Waals surface area (Å²) in [5, 5.41) is 0. The van der Waals surface area contributed by atoms with Crippen LogP contribution in [0.5, 0.6) is 0 Å². The smallest absolute Gasteiger partial charge is 0.202 e. The molecule has 0 spiro atoms. The minimum absolute atomic E-state index is 0.129. The van der Waals surface area contributed by atoms with E-state index in [9.17, 15) is 4.79 Å². The fraction of sp³-hybridized carbons (Fsp3) is 0.160. The van der Waals surface area contributed by atoms with Crippen molar-refractivity contribution in [3.05, 3.63) is 108 Å². The molecule has 27 heavy (non-hydrogen) atoms. The number of benzene rings is 3. The number of ether oxygens (including phenoxy) is 1. The molecule has 0 saturated carbocycles. The second-order valence-electron chi connectivity index (χ2n) is 6.24. The molecule has 3 aromatic carbocycles. The van der Waals surface area contributed by atoms with Crippen LogP contribution in [-0.2, 0) is 15.1 Å². The quantitative estimate of drug-likeness (QED) is 0.270. The summed E-state index contributed by atoms with van der Waals surface area (Å²) in [5.74, 6) is 5.34. The molecular weight excluding hydrogens is 332 g/mol. The van der Waals surface area contributed by atoms with Crippen molar-refractivity contribution in [2.45, 2.75) is 18.9 Å². The molecule has 0 aliphatic carbocycles. The van der Waals surface area contributed by atoms with Gasteiger partial charge in [-0.3, -0.25) is 4.79 Å². The van der Waals surface area contributed by atoms with Gasteiger partial charge < -0.3 is 4.74 Å². The van der Waals surface area contributed by atoms with E-state index in [1.165, 1.54) is 6.92 Å². The van der Waals surface area contributed by atoms with Crippen LogP contribution < -0.4 is 0 Å². The van der Waals surface area contributed by atoms with Gasteiger partial charge in [0.05, 0.1) is 6.61 Å². The highest BCUT2D eigenvalue weighted by atomic mass is 16.5. The van der Waals surface area contributed by atoms with Gasteiger partial charge >= 0.3 is 0 Å². The Labute approximate surface area is 160 Å². The van der Waals surface area contributed by atoms with Crippen molar-refractivity contribution in [2.75, 3.05) is 6.61 Å². The molecular formula is C25H22O2. The van der Waals surface area contributed by atoms with E-state index in [4.69, 9.17) is 4.74 Å². The lowest BCUT2D eigenvalue weighted by molar-refractivity contribution is -0.111. The summed E-state index contributed by atoms with van der Waals surface area (Å²) in [6.45, 7) is 1.88. The Balaban J connectivity index is 2.09. The molecule has 3 aromatic rings. The van der Waals surface area contributed by atoms with Gasteiger partial charge in [-0.2, -0.15) is 0 Å². The van der Waals surface area contributed by atoms with Crippen molar-refractivity contribution in [3.8, 4) is 11.8 Å². The van der Waals surface area contributed by atoms with Crippen LogP contribution in [0.2, 0.25) is 0 Å². The fourth-order valence-corrected chi connectivity index (χ4v) is 3.21. The molecule has 0 unspecified atom stereocenters. The first-order valence-corrected chi connectivity index (χ1v) is 9.03. The Morgan fingerprint density at radius 2 is 1.19 bits per heavy atom. The molecule has 3 rings (SSSR count). The third kappa shape index (κ3) is 4.34. The third-order valence-electron chi connectivity index (χ3n) is 4.35. The second kappa shape index (κ2) is 8.98.